The first kappa shape index (κ1) is 16.4. The van der Waals surface area contributed by atoms with Gasteiger partial charge in [0.15, 0.2) is 5.13 Å². The molecule has 6 nitrogen and oxygen atoms in total. The van der Waals surface area contributed by atoms with Crippen LogP contribution in [0.1, 0.15) is 30.1 Å². The maximum Gasteiger partial charge on any atom is 0.254 e. The van der Waals surface area contributed by atoms with Gasteiger partial charge in [0, 0.05) is 23.7 Å². The molecule has 126 valence electrons. The van der Waals surface area contributed by atoms with Crippen molar-refractivity contribution in [3.63, 3.8) is 0 Å². The number of thiazole rings is 1. The van der Waals surface area contributed by atoms with Gasteiger partial charge in [-0.25, -0.2) is 4.98 Å². The predicted octanol–water partition coefficient (Wildman–Crippen LogP) is 2.79. The summed E-state index contributed by atoms with van der Waals surface area (Å²) >= 11 is 1.36. The first-order chi connectivity index (χ1) is 11.7. The van der Waals surface area contributed by atoms with Crippen LogP contribution in [0.25, 0.3) is 0 Å². The highest BCUT2D eigenvalue weighted by molar-refractivity contribution is 7.13. The molecule has 1 aliphatic heterocycles. The molecule has 0 radical (unpaired) electrons. The highest BCUT2D eigenvalue weighted by Gasteiger charge is 2.34. The van der Waals surface area contributed by atoms with Gasteiger partial charge in [-0.3, -0.25) is 9.59 Å². The van der Waals surface area contributed by atoms with Crippen molar-refractivity contribution in [3.05, 3.63) is 41.4 Å². The van der Waals surface area contributed by atoms with Crippen molar-refractivity contribution in [1.82, 2.24) is 9.88 Å². The minimum atomic E-state index is -0.461. The van der Waals surface area contributed by atoms with Crippen molar-refractivity contribution in [2.75, 3.05) is 18.5 Å². The number of nitrogens with zero attached hydrogens (tertiary/aromatic N) is 2. The van der Waals surface area contributed by atoms with E-state index in [9.17, 15) is 9.59 Å². The van der Waals surface area contributed by atoms with E-state index in [2.05, 4.69) is 10.3 Å². The number of rotatable bonds is 5. The first-order valence-electron chi connectivity index (χ1n) is 7.93. The molecule has 0 spiro atoms. The van der Waals surface area contributed by atoms with Gasteiger partial charge in [0.2, 0.25) is 5.91 Å². The average molecular weight is 345 g/mol. The number of hydrogen-bond acceptors (Lipinski definition) is 5. The van der Waals surface area contributed by atoms with Crippen molar-refractivity contribution in [2.45, 2.75) is 25.8 Å². The van der Waals surface area contributed by atoms with Crippen molar-refractivity contribution >= 4 is 28.3 Å². The third-order valence-electron chi connectivity index (χ3n) is 3.87. The second kappa shape index (κ2) is 7.44. The summed E-state index contributed by atoms with van der Waals surface area (Å²) in [5, 5.41) is 5.13. The minimum absolute atomic E-state index is 0.145. The summed E-state index contributed by atoms with van der Waals surface area (Å²) in [5.41, 5.74) is 0.537. The van der Waals surface area contributed by atoms with Crippen LogP contribution in [0, 0.1) is 0 Å². The Morgan fingerprint density at radius 1 is 1.46 bits per heavy atom. The Hall–Kier alpha value is -2.41. The number of carbonyl (C=O) groups excluding carboxylic acids is 2. The number of amides is 2. The highest BCUT2D eigenvalue weighted by atomic mass is 32.1. The van der Waals surface area contributed by atoms with Crippen molar-refractivity contribution in [2.24, 2.45) is 0 Å². The van der Waals surface area contributed by atoms with E-state index >= 15 is 0 Å². The minimum Gasteiger partial charge on any atom is -0.494 e. The van der Waals surface area contributed by atoms with Crippen LogP contribution in [0.3, 0.4) is 0 Å². The normalized spacial score (nSPS) is 16.9. The Balaban J connectivity index is 1.73. The number of ether oxygens (including phenoxy) is 1. The zero-order chi connectivity index (χ0) is 16.9. The molecule has 1 fully saturated rings. The molecule has 1 unspecified atom stereocenters. The monoisotopic (exact) mass is 345 g/mol. The van der Waals surface area contributed by atoms with E-state index in [1.54, 1.807) is 34.7 Å². The summed E-state index contributed by atoms with van der Waals surface area (Å²) in [7, 11) is 0. The molecule has 0 bridgehead atoms. The number of nitrogens with one attached hydrogen (secondary N) is 1. The van der Waals surface area contributed by atoms with Gasteiger partial charge in [-0.05, 0) is 38.0 Å². The lowest BCUT2D eigenvalue weighted by Crippen LogP contribution is -2.43. The van der Waals surface area contributed by atoms with E-state index < -0.39 is 6.04 Å². The maximum absolute atomic E-state index is 12.8. The second-order valence-electron chi connectivity index (χ2n) is 5.44. The van der Waals surface area contributed by atoms with Crippen molar-refractivity contribution < 1.29 is 14.3 Å². The van der Waals surface area contributed by atoms with Gasteiger partial charge < -0.3 is 15.0 Å². The van der Waals surface area contributed by atoms with Crippen LogP contribution in [0.15, 0.2) is 35.8 Å². The van der Waals surface area contributed by atoms with E-state index in [1.807, 2.05) is 13.0 Å². The van der Waals surface area contributed by atoms with Crippen LogP contribution in [0.2, 0.25) is 0 Å². The summed E-state index contributed by atoms with van der Waals surface area (Å²) in [5.74, 6) is 0.330. The lowest BCUT2D eigenvalue weighted by atomic mass is 10.1. The third kappa shape index (κ3) is 3.56. The average Bonchev–Trinajstić information content (AvgIpc) is 3.26. The van der Waals surface area contributed by atoms with Gasteiger partial charge in [0.1, 0.15) is 11.8 Å². The van der Waals surface area contributed by atoms with Gasteiger partial charge in [0.05, 0.1) is 6.61 Å². The second-order valence-corrected chi connectivity index (χ2v) is 6.34. The summed E-state index contributed by atoms with van der Waals surface area (Å²) in [6.07, 6.45) is 3.11. The van der Waals surface area contributed by atoms with Gasteiger partial charge in [-0.15, -0.1) is 11.3 Å². The van der Waals surface area contributed by atoms with E-state index in [-0.39, 0.29) is 11.8 Å². The van der Waals surface area contributed by atoms with Crippen LogP contribution < -0.4 is 10.1 Å². The number of benzene rings is 1. The van der Waals surface area contributed by atoms with Gasteiger partial charge in [0.25, 0.3) is 5.91 Å². The quantitative estimate of drug-likeness (QED) is 0.904. The summed E-state index contributed by atoms with van der Waals surface area (Å²) in [6, 6.07) is 6.62. The number of carbonyl (C=O) groups is 2. The van der Waals surface area contributed by atoms with Crippen LogP contribution in [-0.2, 0) is 4.79 Å². The van der Waals surface area contributed by atoms with E-state index in [4.69, 9.17) is 4.74 Å². The first-order valence-corrected chi connectivity index (χ1v) is 8.81. The zero-order valence-electron chi connectivity index (χ0n) is 13.4. The molecule has 1 atom stereocenters. The van der Waals surface area contributed by atoms with Gasteiger partial charge in [-0.2, -0.15) is 0 Å². The van der Waals surface area contributed by atoms with Gasteiger partial charge >= 0.3 is 0 Å². The number of aromatic nitrogens is 1. The van der Waals surface area contributed by atoms with Crippen molar-refractivity contribution in [1.29, 1.82) is 0 Å². The topological polar surface area (TPSA) is 71.5 Å². The summed E-state index contributed by atoms with van der Waals surface area (Å²) < 4.78 is 5.45. The Morgan fingerprint density at radius 3 is 3.08 bits per heavy atom. The smallest absolute Gasteiger partial charge is 0.254 e. The number of likely N-dealkylation sites (tertiary alicyclic amines) is 1. The Bertz CT molecular complexity index is 718. The van der Waals surface area contributed by atoms with E-state index in [0.717, 1.165) is 6.42 Å². The molecule has 7 heteroatoms. The highest BCUT2D eigenvalue weighted by Crippen LogP contribution is 2.23. The molecule has 0 saturated carbocycles. The molecule has 24 heavy (non-hydrogen) atoms. The molecule has 1 aliphatic rings. The molecule has 2 amide bonds. The van der Waals surface area contributed by atoms with Crippen molar-refractivity contribution in [3.8, 4) is 5.75 Å². The van der Waals surface area contributed by atoms with Gasteiger partial charge in [-0.1, -0.05) is 6.07 Å². The Kier molecular flexibility index (Phi) is 5.10. The molecule has 3 rings (SSSR count). The van der Waals surface area contributed by atoms with Crippen LogP contribution in [-0.4, -0.2) is 40.9 Å². The summed E-state index contributed by atoms with van der Waals surface area (Å²) in [6.45, 7) is 3.02. The predicted molar refractivity (Wildman–Crippen MR) is 92.4 cm³/mol. The molecule has 1 N–H and O–H groups in total. The lowest BCUT2D eigenvalue weighted by Gasteiger charge is -2.23. The number of hydrogen-bond donors (Lipinski definition) is 1. The Labute approximate surface area is 144 Å². The fourth-order valence-corrected chi connectivity index (χ4v) is 3.34. The molecule has 1 aromatic carbocycles. The molecule has 2 heterocycles. The molecular formula is C17H19N3O3S. The molecule has 0 aliphatic carbocycles. The van der Waals surface area contributed by atoms with Crippen LogP contribution in [0.5, 0.6) is 5.75 Å². The standard InChI is InChI=1S/C17H19N3O3S/c1-2-23-13-6-3-5-12(11-13)16(22)20-9-4-7-14(20)15(21)19-17-18-8-10-24-17/h3,5-6,8,10-11,14H,2,4,7,9H2,1H3,(H,18,19,21). The largest absolute Gasteiger partial charge is 0.494 e. The SMILES string of the molecule is CCOc1cccc(C(=O)N2CCCC2C(=O)Nc2nccs2)c1. The number of anilines is 1. The third-order valence-corrected chi connectivity index (χ3v) is 4.56. The molecule has 1 aromatic heterocycles. The lowest BCUT2D eigenvalue weighted by molar-refractivity contribution is -0.119. The van der Waals surface area contributed by atoms with E-state index in [0.29, 0.717) is 36.0 Å². The fraction of sp³-hybridized carbons (Fsp3) is 0.353. The molecule has 1 saturated heterocycles. The molecule has 2 aromatic rings. The summed E-state index contributed by atoms with van der Waals surface area (Å²) in [4.78, 5) is 31.0. The van der Waals surface area contributed by atoms with Crippen LogP contribution >= 0.6 is 11.3 Å². The van der Waals surface area contributed by atoms with Crippen LogP contribution in [0.4, 0.5) is 5.13 Å². The molecular weight excluding hydrogens is 326 g/mol. The maximum atomic E-state index is 12.8. The van der Waals surface area contributed by atoms with E-state index in [1.165, 1.54) is 11.3 Å². The Morgan fingerprint density at radius 2 is 2.33 bits per heavy atom. The zero-order valence-corrected chi connectivity index (χ0v) is 14.2. The fourth-order valence-electron chi connectivity index (χ4n) is 2.81.